The predicted octanol–water partition coefficient (Wildman–Crippen LogP) is 2.06. The number of imide groups is 1. The number of nitrogens with two attached hydrogens (primary N) is 1. The van der Waals surface area contributed by atoms with E-state index >= 15 is 0 Å². The Morgan fingerprint density at radius 2 is 1.55 bits per heavy atom. The minimum absolute atomic E-state index is 0.000389. The molecule has 10 nitrogen and oxygen atoms in total. The largest absolute Gasteiger partial charge is 0.444 e. The maximum Gasteiger partial charge on any atom is 0.417 e. The van der Waals surface area contributed by atoms with Gasteiger partial charge in [-0.1, -0.05) is 74.5 Å². The van der Waals surface area contributed by atoms with Crippen LogP contribution in [0.5, 0.6) is 0 Å². The highest BCUT2D eigenvalue weighted by Gasteiger charge is 2.42. The summed E-state index contributed by atoms with van der Waals surface area (Å²) in [6.07, 6.45) is -0.340. The van der Waals surface area contributed by atoms with E-state index in [2.05, 4.69) is 10.6 Å². The minimum Gasteiger partial charge on any atom is -0.444 e. The van der Waals surface area contributed by atoms with Crippen LogP contribution in [0.25, 0.3) is 0 Å². The number of carbonyl (C=O) groups excluding carboxylic acids is 5. The van der Waals surface area contributed by atoms with Crippen molar-refractivity contribution in [1.29, 1.82) is 0 Å². The predicted molar refractivity (Wildman–Crippen MR) is 139 cm³/mol. The number of ether oxygens (including phenoxy) is 1. The van der Waals surface area contributed by atoms with E-state index in [0.717, 1.165) is 16.0 Å². The number of rotatable bonds is 11. The molecule has 0 saturated carbocycles. The molecule has 3 rings (SSSR count). The van der Waals surface area contributed by atoms with E-state index in [1.807, 2.05) is 50.2 Å². The van der Waals surface area contributed by atoms with E-state index in [-0.39, 0.29) is 38.2 Å². The SMILES string of the molecule is CC(C)C[C@H](NC(=O)[C@H]1CCC(=O)N1C(=O)OCc1ccccc1)C(=O)N[C@H](Cc1ccccc1)C(N)=O. The molecule has 2 aromatic carbocycles. The number of benzene rings is 2. The average molecular weight is 523 g/mol. The third-order valence-corrected chi connectivity index (χ3v) is 6.20. The van der Waals surface area contributed by atoms with Crippen LogP contribution in [0.4, 0.5) is 4.79 Å². The van der Waals surface area contributed by atoms with E-state index in [0.29, 0.717) is 0 Å². The Morgan fingerprint density at radius 1 is 0.947 bits per heavy atom. The van der Waals surface area contributed by atoms with Gasteiger partial charge in [-0.15, -0.1) is 0 Å². The van der Waals surface area contributed by atoms with E-state index in [1.54, 1.807) is 24.3 Å². The van der Waals surface area contributed by atoms with Gasteiger partial charge in [-0.3, -0.25) is 19.2 Å². The lowest BCUT2D eigenvalue weighted by molar-refractivity contribution is -0.136. The van der Waals surface area contributed by atoms with Crippen LogP contribution in [0.3, 0.4) is 0 Å². The molecule has 202 valence electrons. The van der Waals surface area contributed by atoms with Gasteiger partial charge in [0, 0.05) is 12.8 Å². The van der Waals surface area contributed by atoms with Gasteiger partial charge in [0.2, 0.25) is 23.6 Å². The first-order chi connectivity index (χ1) is 18.2. The van der Waals surface area contributed by atoms with Gasteiger partial charge < -0.3 is 21.1 Å². The molecular formula is C28H34N4O6. The van der Waals surface area contributed by atoms with Crippen molar-refractivity contribution < 1.29 is 28.7 Å². The first-order valence-electron chi connectivity index (χ1n) is 12.6. The summed E-state index contributed by atoms with van der Waals surface area (Å²) in [6.45, 7) is 3.72. The molecule has 1 aliphatic rings. The monoisotopic (exact) mass is 522 g/mol. The van der Waals surface area contributed by atoms with Gasteiger partial charge in [-0.25, -0.2) is 9.69 Å². The van der Waals surface area contributed by atoms with Gasteiger partial charge in [0.15, 0.2) is 0 Å². The van der Waals surface area contributed by atoms with E-state index in [1.165, 1.54) is 0 Å². The highest BCUT2D eigenvalue weighted by molar-refractivity contribution is 6.01. The summed E-state index contributed by atoms with van der Waals surface area (Å²) in [5, 5.41) is 5.32. The quantitative estimate of drug-likeness (QED) is 0.411. The number of likely N-dealkylation sites (tertiary alicyclic amines) is 1. The highest BCUT2D eigenvalue weighted by Crippen LogP contribution is 2.21. The number of nitrogens with one attached hydrogen (secondary N) is 2. The van der Waals surface area contributed by atoms with E-state index in [4.69, 9.17) is 10.5 Å². The fraction of sp³-hybridized carbons (Fsp3) is 0.393. The van der Waals surface area contributed by atoms with Crippen molar-refractivity contribution in [3.63, 3.8) is 0 Å². The Labute approximate surface area is 221 Å². The average Bonchev–Trinajstić information content (AvgIpc) is 3.28. The van der Waals surface area contributed by atoms with Crippen LogP contribution in [0.15, 0.2) is 60.7 Å². The maximum atomic E-state index is 13.2. The smallest absolute Gasteiger partial charge is 0.417 e. The molecule has 1 aliphatic heterocycles. The molecule has 1 saturated heterocycles. The van der Waals surface area contributed by atoms with Crippen LogP contribution in [0, 0.1) is 5.92 Å². The van der Waals surface area contributed by atoms with Crippen LogP contribution in [-0.4, -0.2) is 52.7 Å². The number of carbonyl (C=O) groups is 5. The number of amides is 5. The van der Waals surface area contributed by atoms with Gasteiger partial charge in [0.05, 0.1) is 0 Å². The second-order valence-corrected chi connectivity index (χ2v) is 9.70. The first-order valence-corrected chi connectivity index (χ1v) is 12.6. The molecule has 10 heteroatoms. The molecule has 0 bridgehead atoms. The summed E-state index contributed by atoms with van der Waals surface area (Å²) < 4.78 is 5.27. The Hall–Kier alpha value is -4.21. The standard InChI is InChI=1S/C28H34N4O6/c1-18(2)15-22(26(35)30-21(25(29)34)16-19-9-5-3-6-10-19)31-27(36)23-13-14-24(33)32(23)28(37)38-17-20-11-7-4-8-12-20/h3-12,18,21-23H,13-17H2,1-2H3,(H2,29,34)(H,30,35)(H,31,36)/t21-,22+,23-/m1/s1. The lowest BCUT2D eigenvalue weighted by Crippen LogP contribution is -2.57. The lowest BCUT2D eigenvalue weighted by Gasteiger charge is -2.26. The zero-order valence-electron chi connectivity index (χ0n) is 21.6. The molecule has 0 unspecified atom stereocenters. The van der Waals surface area contributed by atoms with Gasteiger partial charge in [0.1, 0.15) is 24.7 Å². The summed E-state index contributed by atoms with van der Waals surface area (Å²) in [6, 6.07) is 15.0. The third kappa shape index (κ3) is 7.89. The van der Waals surface area contributed by atoms with Crippen molar-refractivity contribution in [2.24, 2.45) is 11.7 Å². The number of primary amides is 1. The fourth-order valence-electron chi connectivity index (χ4n) is 4.27. The van der Waals surface area contributed by atoms with Crippen LogP contribution < -0.4 is 16.4 Å². The molecule has 0 aliphatic carbocycles. The van der Waals surface area contributed by atoms with Crippen molar-refractivity contribution in [3.05, 3.63) is 71.8 Å². The molecule has 2 aromatic rings. The Bertz CT molecular complexity index is 1140. The summed E-state index contributed by atoms with van der Waals surface area (Å²) >= 11 is 0. The van der Waals surface area contributed by atoms with Gasteiger partial charge in [-0.05, 0) is 29.9 Å². The first kappa shape index (κ1) is 28.4. The Morgan fingerprint density at radius 3 is 2.13 bits per heavy atom. The molecule has 3 atom stereocenters. The molecule has 0 aromatic heterocycles. The lowest BCUT2D eigenvalue weighted by atomic mass is 10.0. The molecular weight excluding hydrogens is 488 g/mol. The topological polar surface area (TPSA) is 148 Å². The van der Waals surface area contributed by atoms with Crippen LogP contribution in [-0.2, 0) is 36.9 Å². The molecule has 0 radical (unpaired) electrons. The zero-order valence-corrected chi connectivity index (χ0v) is 21.6. The van der Waals surface area contributed by atoms with Crippen LogP contribution >= 0.6 is 0 Å². The van der Waals surface area contributed by atoms with E-state index < -0.39 is 47.8 Å². The molecule has 1 fully saturated rings. The van der Waals surface area contributed by atoms with E-state index in [9.17, 15) is 24.0 Å². The summed E-state index contributed by atoms with van der Waals surface area (Å²) in [5.41, 5.74) is 7.09. The molecule has 5 amide bonds. The number of hydrogen-bond donors (Lipinski definition) is 3. The Kier molecular flexibility index (Phi) is 9.98. The van der Waals surface area contributed by atoms with Crippen molar-refractivity contribution >= 4 is 29.7 Å². The summed E-state index contributed by atoms with van der Waals surface area (Å²) in [4.78, 5) is 64.4. The minimum atomic E-state index is -1.11. The number of hydrogen-bond acceptors (Lipinski definition) is 6. The highest BCUT2D eigenvalue weighted by atomic mass is 16.6. The maximum absolute atomic E-state index is 13.2. The van der Waals surface area contributed by atoms with Crippen molar-refractivity contribution in [3.8, 4) is 0 Å². The zero-order chi connectivity index (χ0) is 27.7. The van der Waals surface area contributed by atoms with Crippen molar-refractivity contribution in [2.75, 3.05) is 0 Å². The second-order valence-electron chi connectivity index (χ2n) is 9.70. The van der Waals surface area contributed by atoms with Crippen LogP contribution in [0.1, 0.15) is 44.2 Å². The van der Waals surface area contributed by atoms with Gasteiger partial charge in [0.25, 0.3) is 0 Å². The third-order valence-electron chi connectivity index (χ3n) is 6.20. The van der Waals surface area contributed by atoms with Crippen molar-refractivity contribution in [2.45, 2.75) is 64.3 Å². The fourth-order valence-corrected chi connectivity index (χ4v) is 4.27. The Balaban J connectivity index is 1.67. The molecule has 4 N–H and O–H groups in total. The van der Waals surface area contributed by atoms with Gasteiger partial charge >= 0.3 is 6.09 Å². The molecule has 38 heavy (non-hydrogen) atoms. The normalized spacial score (nSPS) is 16.6. The second kappa shape index (κ2) is 13.4. The summed E-state index contributed by atoms with van der Waals surface area (Å²) in [5.74, 6) is -2.43. The molecule has 1 heterocycles. The summed E-state index contributed by atoms with van der Waals surface area (Å²) in [7, 11) is 0. The van der Waals surface area contributed by atoms with Crippen LogP contribution in [0.2, 0.25) is 0 Å². The number of nitrogens with zero attached hydrogens (tertiary/aromatic N) is 1. The van der Waals surface area contributed by atoms with Gasteiger partial charge in [-0.2, -0.15) is 0 Å². The van der Waals surface area contributed by atoms with Crippen molar-refractivity contribution in [1.82, 2.24) is 15.5 Å². The molecule has 0 spiro atoms.